The van der Waals surface area contributed by atoms with Crippen molar-refractivity contribution in [1.82, 2.24) is 0 Å². The molecule has 0 aliphatic heterocycles. The Labute approximate surface area is 143 Å². The molecule has 3 rings (SSSR count). The normalized spacial score (nSPS) is 44.5. The molecule has 0 unspecified atom stereocenters. The van der Waals surface area contributed by atoms with Crippen LogP contribution in [-0.2, 0) is 4.79 Å². The van der Waals surface area contributed by atoms with Crippen LogP contribution < -0.4 is 0 Å². The molecule has 3 aliphatic rings. The van der Waals surface area contributed by atoms with Gasteiger partial charge in [0.25, 0.3) is 0 Å². The van der Waals surface area contributed by atoms with E-state index in [1.165, 1.54) is 0 Å². The van der Waals surface area contributed by atoms with Crippen LogP contribution in [0.15, 0.2) is 35.6 Å². The average Bonchev–Trinajstić information content (AvgIpc) is 2.52. The van der Waals surface area contributed by atoms with Crippen LogP contribution >= 0.6 is 0 Å². The van der Waals surface area contributed by atoms with Crippen LogP contribution in [0.2, 0.25) is 0 Å². The number of carbonyl (C=O) groups is 1. The van der Waals surface area contributed by atoms with Crippen molar-refractivity contribution < 1.29 is 20.1 Å². The largest absolute Gasteiger partial charge is 0.504 e. The minimum Gasteiger partial charge on any atom is -0.504 e. The van der Waals surface area contributed by atoms with E-state index >= 15 is 0 Å². The molecule has 0 aromatic rings. The van der Waals surface area contributed by atoms with Crippen molar-refractivity contribution in [3.8, 4) is 0 Å². The van der Waals surface area contributed by atoms with E-state index in [4.69, 9.17) is 0 Å². The SMILES string of the molecule is C=C[C@]1(C)C=C2C(=O)C(O)=C3C(C)(C)CC[C@@H](O)[C@]3(C)[C@@]2(O)CC1. The third-order valence-electron chi connectivity index (χ3n) is 6.87. The lowest BCUT2D eigenvalue weighted by molar-refractivity contribution is -0.148. The average molecular weight is 332 g/mol. The summed E-state index contributed by atoms with van der Waals surface area (Å²) in [6, 6.07) is 0. The molecule has 3 aliphatic carbocycles. The second kappa shape index (κ2) is 4.83. The molecule has 3 N–H and O–H groups in total. The Bertz CT molecular complexity index is 686. The van der Waals surface area contributed by atoms with E-state index in [0.29, 0.717) is 31.3 Å². The highest BCUT2D eigenvalue weighted by atomic mass is 16.3. The number of aliphatic hydroxyl groups is 3. The van der Waals surface area contributed by atoms with Gasteiger partial charge in [-0.15, -0.1) is 6.58 Å². The van der Waals surface area contributed by atoms with E-state index in [9.17, 15) is 20.1 Å². The van der Waals surface area contributed by atoms with Gasteiger partial charge >= 0.3 is 0 Å². The van der Waals surface area contributed by atoms with Gasteiger partial charge in [-0.05, 0) is 36.7 Å². The van der Waals surface area contributed by atoms with E-state index in [1.807, 2.05) is 20.8 Å². The highest BCUT2D eigenvalue weighted by Crippen LogP contribution is 2.63. The highest BCUT2D eigenvalue weighted by molar-refractivity contribution is 6.10. The molecule has 0 bridgehead atoms. The molecule has 0 radical (unpaired) electrons. The molecule has 0 amide bonds. The lowest BCUT2D eigenvalue weighted by Crippen LogP contribution is -2.64. The van der Waals surface area contributed by atoms with Crippen LogP contribution in [0.1, 0.15) is 53.4 Å². The summed E-state index contributed by atoms with van der Waals surface area (Å²) in [7, 11) is 0. The predicted octanol–water partition coefficient (Wildman–Crippen LogP) is 3.21. The molecule has 4 heteroatoms. The summed E-state index contributed by atoms with van der Waals surface area (Å²) in [5.41, 5.74) is -2.68. The summed E-state index contributed by atoms with van der Waals surface area (Å²) >= 11 is 0. The molecule has 4 atom stereocenters. The Kier molecular flexibility index (Phi) is 3.51. The molecule has 1 saturated carbocycles. The van der Waals surface area contributed by atoms with Crippen molar-refractivity contribution in [2.24, 2.45) is 16.2 Å². The van der Waals surface area contributed by atoms with Crippen molar-refractivity contribution in [3.05, 3.63) is 35.6 Å². The van der Waals surface area contributed by atoms with Crippen LogP contribution in [0.4, 0.5) is 0 Å². The number of rotatable bonds is 1. The zero-order chi connectivity index (χ0) is 18.1. The molecule has 24 heavy (non-hydrogen) atoms. The Hall–Kier alpha value is -1.39. The zero-order valence-corrected chi connectivity index (χ0v) is 15.0. The number of allylic oxidation sites excluding steroid dienone is 3. The number of aliphatic hydroxyl groups excluding tert-OH is 2. The van der Waals surface area contributed by atoms with E-state index in [1.54, 1.807) is 19.1 Å². The fourth-order valence-corrected chi connectivity index (χ4v) is 5.13. The molecule has 0 aromatic heterocycles. The molecule has 0 heterocycles. The first-order chi connectivity index (χ1) is 10.9. The van der Waals surface area contributed by atoms with Gasteiger partial charge in [-0.2, -0.15) is 0 Å². The first kappa shape index (κ1) is 17.4. The monoisotopic (exact) mass is 332 g/mol. The lowest BCUT2D eigenvalue weighted by atomic mass is 9.46. The molecular weight excluding hydrogens is 304 g/mol. The standard InChI is InChI=1S/C20H28O4/c1-6-18(4)9-10-20(24)12(11-18)14(22)15(23)16-17(2,3)8-7-13(21)19(16,20)5/h6,11,13,21,23-24H,1,7-10H2,2-5H3/t13-,18+,19+,20-/m1/s1. The summed E-state index contributed by atoms with van der Waals surface area (Å²) in [5, 5.41) is 33.2. The number of ketones is 1. The number of carbonyl (C=O) groups excluding carboxylic acids is 1. The number of hydrogen-bond acceptors (Lipinski definition) is 4. The molecule has 132 valence electrons. The van der Waals surface area contributed by atoms with Gasteiger partial charge in [-0.1, -0.05) is 39.8 Å². The van der Waals surface area contributed by atoms with Crippen LogP contribution in [0.5, 0.6) is 0 Å². The minimum atomic E-state index is -1.47. The maximum absolute atomic E-state index is 12.9. The first-order valence-electron chi connectivity index (χ1n) is 8.69. The third kappa shape index (κ3) is 1.90. The third-order valence-corrected chi connectivity index (χ3v) is 6.87. The lowest BCUT2D eigenvalue weighted by Gasteiger charge is -2.60. The predicted molar refractivity (Wildman–Crippen MR) is 92.4 cm³/mol. The molecular formula is C20H28O4. The van der Waals surface area contributed by atoms with Gasteiger partial charge in [0.1, 0.15) is 5.60 Å². The number of fused-ring (bicyclic) bond motifs is 3. The fourth-order valence-electron chi connectivity index (χ4n) is 5.13. The summed E-state index contributed by atoms with van der Waals surface area (Å²) in [6.45, 7) is 11.5. The Morgan fingerprint density at radius 2 is 1.83 bits per heavy atom. The van der Waals surface area contributed by atoms with Crippen molar-refractivity contribution in [2.75, 3.05) is 0 Å². The molecule has 0 spiro atoms. The first-order valence-corrected chi connectivity index (χ1v) is 8.69. The van der Waals surface area contributed by atoms with Crippen LogP contribution in [0, 0.1) is 16.2 Å². The maximum Gasteiger partial charge on any atom is 0.225 e. The van der Waals surface area contributed by atoms with Gasteiger partial charge in [0.15, 0.2) is 5.76 Å². The number of hydrogen-bond donors (Lipinski definition) is 3. The van der Waals surface area contributed by atoms with Crippen molar-refractivity contribution in [3.63, 3.8) is 0 Å². The van der Waals surface area contributed by atoms with Gasteiger partial charge in [0, 0.05) is 11.0 Å². The maximum atomic E-state index is 12.9. The van der Waals surface area contributed by atoms with Gasteiger partial charge in [-0.3, -0.25) is 4.79 Å². The highest BCUT2D eigenvalue weighted by Gasteiger charge is 2.66. The minimum absolute atomic E-state index is 0.205. The van der Waals surface area contributed by atoms with Crippen molar-refractivity contribution >= 4 is 5.78 Å². The van der Waals surface area contributed by atoms with Crippen molar-refractivity contribution in [2.45, 2.75) is 65.1 Å². The second-order valence-electron chi connectivity index (χ2n) is 8.82. The number of Topliss-reactive ketones (excluding diaryl/α,β-unsaturated/α-hetero) is 1. The summed E-state index contributed by atoms with van der Waals surface area (Å²) in [5.74, 6) is -0.814. The van der Waals surface area contributed by atoms with Crippen LogP contribution in [-0.4, -0.2) is 32.8 Å². The summed E-state index contributed by atoms with van der Waals surface area (Å²) in [4.78, 5) is 12.9. The van der Waals surface area contributed by atoms with E-state index in [2.05, 4.69) is 6.58 Å². The molecule has 1 fully saturated rings. The van der Waals surface area contributed by atoms with Crippen molar-refractivity contribution in [1.29, 1.82) is 0 Å². The zero-order valence-electron chi connectivity index (χ0n) is 15.0. The fraction of sp³-hybridized carbons (Fsp3) is 0.650. The quantitative estimate of drug-likeness (QED) is 0.644. The van der Waals surface area contributed by atoms with Gasteiger partial charge in [-0.25, -0.2) is 0 Å². The van der Waals surface area contributed by atoms with Gasteiger partial charge < -0.3 is 15.3 Å². The molecule has 0 aromatic carbocycles. The smallest absolute Gasteiger partial charge is 0.225 e. The Balaban J connectivity index is 2.34. The second-order valence-corrected chi connectivity index (χ2v) is 8.82. The molecule has 0 saturated heterocycles. The summed E-state index contributed by atoms with van der Waals surface area (Å²) < 4.78 is 0. The Morgan fingerprint density at radius 3 is 2.42 bits per heavy atom. The molecule has 4 nitrogen and oxygen atoms in total. The van der Waals surface area contributed by atoms with E-state index in [-0.39, 0.29) is 11.3 Å². The van der Waals surface area contributed by atoms with E-state index in [0.717, 1.165) is 0 Å². The van der Waals surface area contributed by atoms with Gasteiger partial charge in [0.2, 0.25) is 5.78 Å². The van der Waals surface area contributed by atoms with Gasteiger partial charge in [0.05, 0.1) is 11.5 Å². The van der Waals surface area contributed by atoms with Crippen LogP contribution in [0.3, 0.4) is 0 Å². The Morgan fingerprint density at radius 1 is 1.21 bits per heavy atom. The van der Waals surface area contributed by atoms with Crippen LogP contribution in [0.25, 0.3) is 0 Å². The topological polar surface area (TPSA) is 77.8 Å². The summed E-state index contributed by atoms with van der Waals surface area (Å²) in [6.07, 6.45) is 4.88. The van der Waals surface area contributed by atoms with E-state index < -0.39 is 33.7 Å².